The first-order chi connectivity index (χ1) is 8.25. The highest BCUT2D eigenvalue weighted by atomic mass is 32.1. The average Bonchev–Trinajstić information content (AvgIpc) is 2.95. The fourth-order valence-electron chi connectivity index (χ4n) is 1.82. The zero-order valence-electron chi connectivity index (χ0n) is 9.65. The van der Waals surface area contributed by atoms with Gasteiger partial charge >= 0.3 is 0 Å². The molecule has 6 heteroatoms. The molecule has 1 saturated heterocycles. The highest BCUT2D eigenvalue weighted by Crippen LogP contribution is 2.13. The van der Waals surface area contributed by atoms with E-state index in [0.29, 0.717) is 18.3 Å². The molecule has 1 aromatic heterocycles. The highest BCUT2D eigenvalue weighted by molar-refractivity contribution is 7.13. The summed E-state index contributed by atoms with van der Waals surface area (Å²) in [6.45, 7) is 1.37. The summed E-state index contributed by atoms with van der Waals surface area (Å²) in [7, 11) is 0. The molecular weight excluding hydrogens is 238 g/mol. The molecular formula is C11H17N3O2S. The van der Waals surface area contributed by atoms with Crippen LogP contribution in [0.25, 0.3) is 0 Å². The van der Waals surface area contributed by atoms with Gasteiger partial charge in [-0.15, -0.1) is 11.3 Å². The topological polar surface area (TPSA) is 77.2 Å². The standard InChI is InChI=1S/C11H17N3O2S/c12-11-14-8(7-17-11)3-1-5-13-10(15)9-4-2-6-16-9/h7,9H,1-6H2,(H2,12,14)(H,13,15). The number of anilines is 1. The second-order valence-corrected chi connectivity index (χ2v) is 4.96. The molecule has 0 spiro atoms. The van der Waals surface area contributed by atoms with Crippen LogP contribution in [0.2, 0.25) is 0 Å². The van der Waals surface area contributed by atoms with E-state index in [0.717, 1.165) is 31.4 Å². The Hall–Kier alpha value is -1.14. The quantitative estimate of drug-likeness (QED) is 0.768. The van der Waals surface area contributed by atoms with Crippen molar-refractivity contribution >= 4 is 22.4 Å². The Balaban J connectivity index is 1.61. The fraction of sp³-hybridized carbons (Fsp3) is 0.636. The molecule has 0 aromatic carbocycles. The number of nitrogens with two attached hydrogens (primary N) is 1. The number of nitrogens with zero attached hydrogens (tertiary/aromatic N) is 1. The van der Waals surface area contributed by atoms with Crippen molar-refractivity contribution in [1.82, 2.24) is 10.3 Å². The smallest absolute Gasteiger partial charge is 0.249 e. The number of nitrogens with one attached hydrogen (secondary N) is 1. The van der Waals surface area contributed by atoms with E-state index in [1.807, 2.05) is 5.38 Å². The monoisotopic (exact) mass is 255 g/mol. The third-order valence-electron chi connectivity index (χ3n) is 2.70. The van der Waals surface area contributed by atoms with Gasteiger partial charge in [-0.3, -0.25) is 4.79 Å². The van der Waals surface area contributed by atoms with Gasteiger partial charge in [-0.2, -0.15) is 0 Å². The maximum atomic E-state index is 11.6. The van der Waals surface area contributed by atoms with Crippen molar-refractivity contribution in [3.05, 3.63) is 11.1 Å². The van der Waals surface area contributed by atoms with E-state index >= 15 is 0 Å². The molecule has 2 heterocycles. The Morgan fingerprint density at radius 3 is 3.24 bits per heavy atom. The van der Waals surface area contributed by atoms with E-state index in [1.165, 1.54) is 11.3 Å². The molecule has 1 aliphatic rings. The summed E-state index contributed by atoms with van der Waals surface area (Å²) in [5.74, 6) is 0.0142. The van der Waals surface area contributed by atoms with Crippen molar-refractivity contribution in [3.63, 3.8) is 0 Å². The molecule has 0 aliphatic carbocycles. The van der Waals surface area contributed by atoms with Crippen LogP contribution in [0.4, 0.5) is 5.13 Å². The van der Waals surface area contributed by atoms with Crippen molar-refractivity contribution in [1.29, 1.82) is 0 Å². The first-order valence-electron chi connectivity index (χ1n) is 5.85. The number of aryl methyl sites for hydroxylation is 1. The highest BCUT2D eigenvalue weighted by Gasteiger charge is 2.22. The number of amides is 1. The molecule has 1 amide bonds. The second-order valence-electron chi connectivity index (χ2n) is 4.07. The second kappa shape index (κ2) is 5.97. The van der Waals surface area contributed by atoms with Crippen LogP contribution in [0.1, 0.15) is 25.0 Å². The summed E-state index contributed by atoms with van der Waals surface area (Å²) in [6.07, 6.45) is 3.32. The van der Waals surface area contributed by atoms with E-state index in [-0.39, 0.29) is 12.0 Å². The van der Waals surface area contributed by atoms with Crippen LogP contribution in [-0.2, 0) is 16.0 Å². The van der Waals surface area contributed by atoms with Crippen molar-refractivity contribution in [2.75, 3.05) is 18.9 Å². The van der Waals surface area contributed by atoms with Gasteiger partial charge in [-0.25, -0.2) is 4.98 Å². The Morgan fingerprint density at radius 1 is 1.71 bits per heavy atom. The van der Waals surface area contributed by atoms with E-state index in [9.17, 15) is 4.79 Å². The van der Waals surface area contributed by atoms with Crippen molar-refractivity contribution in [2.24, 2.45) is 0 Å². The summed E-state index contributed by atoms with van der Waals surface area (Å²) in [5.41, 5.74) is 6.53. The molecule has 2 rings (SSSR count). The van der Waals surface area contributed by atoms with E-state index < -0.39 is 0 Å². The number of ether oxygens (including phenoxy) is 1. The van der Waals surface area contributed by atoms with Gasteiger partial charge in [-0.05, 0) is 25.7 Å². The van der Waals surface area contributed by atoms with Gasteiger partial charge in [0.1, 0.15) is 6.10 Å². The zero-order valence-corrected chi connectivity index (χ0v) is 10.5. The molecule has 1 aromatic rings. The zero-order chi connectivity index (χ0) is 12.1. The molecule has 1 unspecified atom stereocenters. The molecule has 17 heavy (non-hydrogen) atoms. The summed E-state index contributed by atoms with van der Waals surface area (Å²) >= 11 is 1.45. The van der Waals surface area contributed by atoms with Crippen LogP contribution < -0.4 is 11.1 Å². The number of carbonyl (C=O) groups excluding carboxylic acids is 1. The lowest BCUT2D eigenvalue weighted by Crippen LogP contribution is -2.34. The van der Waals surface area contributed by atoms with E-state index in [1.54, 1.807) is 0 Å². The number of carbonyl (C=O) groups is 1. The maximum absolute atomic E-state index is 11.6. The lowest BCUT2D eigenvalue weighted by molar-refractivity contribution is -0.130. The minimum Gasteiger partial charge on any atom is -0.375 e. The number of nitrogen functional groups attached to an aromatic ring is 1. The predicted octanol–water partition coefficient (Wildman–Crippen LogP) is 0.953. The van der Waals surface area contributed by atoms with Crippen LogP contribution in [0.15, 0.2) is 5.38 Å². The molecule has 5 nitrogen and oxygen atoms in total. The Morgan fingerprint density at radius 2 is 2.59 bits per heavy atom. The normalized spacial score (nSPS) is 19.4. The Kier molecular flexibility index (Phi) is 4.33. The minimum atomic E-state index is -0.232. The molecule has 94 valence electrons. The van der Waals surface area contributed by atoms with E-state index in [2.05, 4.69) is 10.3 Å². The number of thiazole rings is 1. The maximum Gasteiger partial charge on any atom is 0.249 e. The van der Waals surface area contributed by atoms with Gasteiger partial charge < -0.3 is 15.8 Å². The lowest BCUT2D eigenvalue weighted by atomic mass is 10.2. The fourth-order valence-corrected chi connectivity index (χ4v) is 2.41. The summed E-state index contributed by atoms with van der Waals surface area (Å²) < 4.78 is 5.29. The van der Waals surface area contributed by atoms with Crippen molar-refractivity contribution in [2.45, 2.75) is 31.8 Å². The van der Waals surface area contributed by atoms with Crippen molar-refractivity contribution in [3.8, 4) is 0 Å². The Bertz CT molecular complexity index is 375. The Labute approximate surface area is 104 Å². The van der Waals surface area contributed by atoms with Gasteiger partial charge in [0, 0.05) is 18.5 Å². The average molecular weight is 255 g/mol. The van der Waals surface area contributed by atoms with Gasteiger partial charge in [0.15, 0.2) is 5.13 Å². The molecule has 3 N–H and O–H groups in total. The number of hydrogen-bond donors (Lipinski definition) is 2. The van der Waals surface area contributed by atoms with Crippen LogP contribution >= 0.6 is 11.3 Å². The molecule has 1 atom stereocenters. The van der Waals surface area contributed by atoms with Crippen LogP contribution in [0.5, 0.6) is 0 Å². The lowest BCUT2D eigenvalue weighted by Gasteiger charge is -2.09. The number of rotatable bonds is 5. The van der Waals surface area contributed by atoms with Gasteiger partial charge in [0.25, 0.3) is 0 Å². The van der Waals surface area contributed by atoms with Crippen molar-refractivity contribution < 1.29 is 9.53 Å². The number of hydrogen-bond acceptors (Lipinski definition) is 5. The van der Waals surface area contributed by atoms with E-state index in [4.69, 9.17) is 10.5 Å². The summed E-state index contributed by atoms with van der Waals surface area (Å²) in [5, 5.41) is 5.44. The SMILES string of the molecule is Nc1nc(CCCNC(=O)C2CCCO2)cs1. The largest absolute Gasteiger partial charge is 0.375 e. The first kappa shape index (κ1) is 12.3. The molecule has 1 fully saturated rings. The van der Waals surface area contributed by atoms with Gasteiger partial charge in [0.2, 0.25) is 5.91 Å². The third-order valence-corrected chi connectivity index (χ3v) is 3.42. The van der Waals surface area contributed by atoms with Gasteiger partial charge in [0.05, 0.1) is 5.69 Å². The minimum absolute atomic E-state index is 0.0142. The molecule has 0 bridgehead atoms. The predicted molar refractivity (Wildman–Crippen MR) is 66.8 cm³/mol. The van der Waals surface area contributed by atoms with Crippen LogP contribution in [0, 0.1) is 0 Å². The summed E-state index contributed by atoms with van der Waals surface area (Å²) in [4.78, 5) is 15.8. The molecule has 0 radical (unpaired) electrons. The van der Waals surface area contributed by atoms with Crippen LogP contribution in [-0.4, -0.2) is 30.1 Å². The van der Waals surface area contributed by atoms with Gasteiger partial charge in [-0.1, -0.05) is 0 Å². The number of aromatic nitrogens is 1. The molecule has 0 saturated carbocycles. The molecule has 1 aliphatic heterocycles. The third kappa shape index (κ3) is 3.67. The first-order valence-corrected chi connectivity index (χ1v) is 6.73. The van der Waals surface area contributed by atoms with Crippen LogP contribution in [0.3, 0.4) is 0 Å². The summed E-state index contributed by atoms with van der Waals surface area (Å²) in [6, 6.07) is 0.